The topological polar surface area (TPSA) is 198 Å². The summed E-state index contributed by atoms with van der Waals surface area (Å²) in [7, 11) is 0. The van der Waals surface area contributed by atoms with Crippen molar-refractivity contribution in [1.29, 1.82) is 0 Å². The molecule has 1 aliphatic rings. The lowest BCUT2D eigenvalue weighted by molar-refractivity contribution is -0.131. The molecule has 1 aliphatic carbocycles. The Morgan fingerprint density at radius 1 is 0.838 bits per heavy atom. The molecule has 8 N–H and O–H groups in total. The zero-order chi connectivity index (χ0) is 28.0. The van der Waals surface area contributed by atoms with Crippen molar-refractivity contribution in [2.45, 2.75) is 71.9 Å². The van der Waals surface area contributed by atoms with Crippen LogP contribution in [-0.4, -0.2) is 79.4 Å². The van der Waals surface area contributed by atoms with Crippen molar-refractivity contribution in [2.24, 2.45) is 17.5 Å². The second-order valence-electron chi connectivity index (χ2n) is 9.54. The Kier molecular flexibility index (Phi) is 14.2. The number of carbonyl (C=O) groups excluding carboxylic acids is 5. The summed E-state index contributed by atoms with van der Waals surface area (Å²) in [6, 6.07) is -0.00254. The maximum absolute atomic E-state index is 12.2. The van der Waals surface area contributed by atoms with E-state index in [9.17, 15) is 24.0 Å². The fourth-order valence-corrected chi connectivity index (χ4v) is 3.41. The van der Waals surface area contributed by atoms with E-state index in [2.05, 4.69) is 21.3 Å². The Hall–Kier alpha value is -3.19. The number of amides is 4. The number of hydrogen-bond donors (Lipinski definition) is 6. The number of rotatable bonds is 14. The third kappa shape index (κ3) is 12.6. The number of Topliss-reactive ketones (excluding diaryl/α,β-unsaturated/α-hetero) is 1. The van der Waals surface area contributed by atoms with Crippen LogP contribution in [0.4, 0.5) is 0 Å². The molecular weight excluding hydrogens is 482 g/mol. The Bertz CT molecular complexity index is 843. The van der Waals surface area contributed by atoms with Gasteiger partial charge in [-0.15, -0.1) is 0 Å². The van der Waals surface area contributed by atoms with Crippen LogP contribution in [0.15, 0.2) is 11.4 Å². The molecule has 0 aromatic rings. The Balaban J connectivity index is 2.38. The third-order valence-electron chi connectivity index (χ3n) is 5.74. The van der Waals surface area contributed by atoms with E-state index >= 15 is 0 Å². The molecule has 13 nitrogen and oxygen atoms in total. The molecule has 0 fully saturated rings. The number of carbonyl (C=O) groups is 5. The minimum atomic E-state index is -0.592. The minimum Gasteiger partial charge on any atom is -0.401 e. The number of ketones is 1. The van der Waals surface area contributed by atoms with E-state index in [4.69, 9.17) is 16.3 Å². The predicted molar refractivity (Wildman–Crippen MR) is 137 cm³/mol. The molecule has 0 aromatic carbocycles. The number of hydrazine groups is 1. The average molecular weight is 526 g/mol. The van der Waals surface area contributed by atoms with Gasteiger partial charge in [0.05, 0.1) is 31.9 Å². The van der Waals surface area contributed by atoms with Gasteiger partial charge >= 0.3 is 0 Å². The largest absolute Gasteiger partial charge is 0.401 e. The lowest BCUT2D eigenvalue weighted by Crippen LogP contribution is -2.46. The summed E-state index contributed by atoms with van der Waals surface area (Å²) in [4.78, 5) is 59.2. The summed E-state index contributed by atoms with van der Waals surface area (Å²) in [5.41, 5.74) is 7.61. The minimum absolute atomic E-state index is 0.00254. The van der Waals surface area contributed by atoms with Crippen LogP contribution in [0.5, 0.6) is 0 Å². The van der Waals surface area contributed by atoms with E-state index in [0.717, 1.165) is 19.3 Å². The molecule has 37 heavy (non-hydrogen) atoms. The number of nitrogens with zero attached hydrogens (tertiary/aromatic N) is 1. The van der Waals surface area contributed by atoms with Gasteiger partial charge in [0.25, 0.3) is 0 Å². The maximum Gasteiger partial charge on any atom is 0.246 e. The van der Waals surface area contributed by atoms with Crippen LogP contribution in [0.1, 0.15) is 59.8 Å². The van der Waals surface area contributed by atoms with Gasteiger partial charge in [-0.2, -0.15) is 0 Å². The Morgan fingerprint density at radius 3 is 1.86 bits per heavy atom. The zero-order valence-corrected chi connectivity index (χ0v) is 22.4. The third-order valence-corrected chi connectivity index (χ3v) is 5.74. The molecule has 0 saturated heterocycles. The highest BCUT2D eigenvalue weighted by Crippen LogP contribution is 2.25. The highest BCUT2D eigenvalue weighted by atomic mass is 16.5. The monoisotopic (exact) mass is 525 g/mol. The molecule has 0 saturated carbocycles. The van der Waals surface area contributed by atoms with Gasteiger partial charge in [0.2, 0.25) is 23.6 Å². The van der Waals surface area contributed by atoms with E-state index in [1.807, 2.05) is 13.8 Å². The zero-order valence-electron chi connectivity index (χ0n) is 22.4. The molecule has 0 heterocycles. The fraction of sp³-hybridized carbons (Fsp3) is 0.708. The first-order valence-electron chi connectivity index (χ1n) is 12.7. The highest BCUT2D eigenvalue weighted by molar-refractivity contribution is 5.91. The quantitative estimate of drug-likeness (QED) is 0.119. The number of hydrogen-bond acceptors (Lipinski definition) is 9. The smallest absolute Gasteiger partial charge is 0.246 e. The van der Waals surface area contributed by atoms with E-state index in [0.29, 0.717) is 24.2 Å². The van der Waals surface area contributed by atoms with Crippen LogP contribution in [0, 0.1) is 5.92 Å². The van der Waals surface area contributed by atoms with Crippen LogP contribution in [0.3, 0.4) is 0 Å². The molecule has 4 amide bonds. The number of nitrogens with two attached hydrogens (primary N) is 2. The summed E-state index contributed by atoms with van der Waals surface area (Å²) in [5.74, 6) is 3.71. The van der Waals surface area contributed by atoms with Crippen molar-refractivity contribution < 1.29 is 28.7 Å². The molecule has 0 aliphatic heterocycles. The molecule has 1 atom stereocenters. The van der Waals surface area contributed by atoms with Crippen LogP contribution >= 0.6 is 0 Å². The number of nitrogens with one attached hydrogen (secondary N) is 4. The molecule has 1 unspecified atom stereocenters. The summed E-state index contributed by atoms with van der Waals surface area (Å²) in [5, 5.41) is 11.1. The normalized spacial score (nSPS) is 16.0. The van der Waals surface area contributed by atoms with Gasteiger partial charge in [-0.05, 0) is 33.1 Å². The average Bonchev–Trinajstić information content (AvgIpc) is 2.84. The van der Waals surface area contributed by atoms with Crippen molar-refractivity contribution in [3.63, 3.8) is 0 Å². The number of ether oxygens (including phenoxy) is 1. The van der Waals surface area contributed by atoms with Crippen molar-refractivity contribution in [1.82, 2.24) is 26.3 Å². The first-order valence-corrected chi connectivity index (χ1v) is 12.7. The van der Waals surface area contributed by atoms with Crippen LogP contribution < -0.4 is 32.8 Å². The van der Waals surface area contributed by atoms with Crippen molar-refractivity contribution >= 4 is 29.4 Å². The second-order valence-corrected chi connectivity index (χ2v) is 9.54. The van der Waals surface area contributed by atoms with Gasteiger partial charge in [0.15, 0.2) is 5.78 Å². The van der Waals surface area contributed by atoms with E-state index in [-0.39, 0.29) is 50.5 Å². The fourth-order valence-electron chi connectivity index (χ4n) is 3.41. The van der Waals surface area contributed by atoms with Gasteiger partial charge in [-0.3, -0.25) is 24.0 Å². The van der Waals surface area contributed by atoms with E-state index in [1.54, 1.807) is 18.9 Å². The van der Waals surface area contributed by atoms with Crippen molar-refractivity contribution in [3.8, 4) is 0 Å². The molecule has 1 rings (SSSR count). The Morgan fingerprint density at radius 2 is 1.35 bits per heavy atom. The predicted octanol–water partition coefficient (Wildman–Crippen LogP) is -1.22. The van der Waals surface area contributed by atoms with Crippen LogP contribution in [0.2, 0.25) is 0 Å². The molecule has 0 aromatic heterocycles. The van der Waals surface area contributed by atoms with Gasteiger partial charge in [-0.25, -0.2) is 5.84 Å². The molecule has 13 heteroatoms. The SMILES string of the molecule is CC(C)C(=O)CNC(=O)CNC(=O)CNC(=O)CNC(=O)COC1CCCCCC(N)=C1N(N)C(C)C. The lowest BCUT2D eigenvalue weighted by Gasteiger charge is -2.34. The van der Waals surface area contributed by atoms with Crippen LogP contribution in [-0.2, 0) is 28.7 Å². The first kappa shape index (κ1) is 31.8. The van der Waals surface area contributed by atoms with Gasteiger partial charge < -0.3 is 36.7 Å². The van der Waals surface area contributed by atoms with Gasteiger partial charge in [0, 0.05) is 17.7 Å². The van der Waals surface area contributed by atoms with E-state index < -0.39 is 29.7 Å². The second kappa shape index (κ2) is 16.5. The van der Waals surface area contributed by atoms with Crippen molar-refractivity contribution in [2.75, 3.05) is 32.8 Å². The summed E-state index contributed by atoms with van der Waals surface area (Å²) in [6.45, 7) is 5.87. The molecule has 0 bridgehead atoms. The van der Waals surface area contributed by atoms with Crippen molar-refractivity contribution in [3.05, 3.63) is 11.4 Å². The number of allylic oxidation sites excluding steroid dienone is 1. The highest BCUT2D eigenvalue weighted by Gasteiger charge is 2.26. The molecule has 0 spiro atoms. The van der Waals surface area contributed by atoms with Gasteiger partial charge in [0.1, 0.15) is 12.7 Å². The summed E-state index contributed by atoms with van der Waals surface area (Å²) >= 11 is 0. The van der Waals surface area contributed by atoms with Crippen LogP contribution in [0.25, 0.3) is 0 Å². The molecular formula is C24H43N7O6. The Labute approximate surface area is 218 Å². The summed E-state index contributed by atoms with van der Waals surface area (Å²) in [6.07, 6.45) is 3.83. The van der Waals surface area contributed by atoms with E-state index in [1.165, 1.54) is 0 Å². The first-order chi connectivity index (χ1) is 17.4. The maximum atomic E-state index is 12.2. The molecule has 0 radical (unpaired) electrons. The molecule has 210 valence electrons. The summed E-state index contributed by atoms with van der Waals surface area (Å²) < 4.78 is 5.84. The lowest BCUT2D eigenvalue weighted by atomic mass is 9.98. The van der Waals surface area contributed by atoms with Gasteiger partial charge in [-0.1, -0.05) is 26.7 Å². The standard InChI is InChI=1S/C24H43N7O6/c1-15(2)18(32)10-27-20(33)11-28-21(34)12-29-22(35)13-30-23(36)14-37-19-9-7-5-6-8-17(25)24(19)31(26)16(3)4/h15-16,19H,5-14,25-26H2,1-4H3,(H,27,33)(H,28,34)(H,29,35)(H,30,36).